The van der Waals surface area contributed by atoms with Gasteiger partial charge in [0, 0.05) is 29.6 Å². The Bertz CT molecular complexity index is 766. The molecular weight excluding hydrogens is 305 g/mol. The van der Waals surface area contributed by atoms with Crippen molar-refractivity contribution in [2.45, 2.75) is 13.3 Å². The number of aromatic amines is 1. The molecule has 3 rings (SSSR count). The van der Waals surface area contributed by atoms with Crippen LogP contribution in [0.1, 0.15) is 17.2 Å². The Morgan fingerprint density at radius 3 is 2.67 bits per heavy atom. The first kappa shape index (κ1) is 14.1. The fraction of sp³-hybridized carbons (Fsp3) is 0.125. The van der Waals surface area contributed by atoms with Gasteiger partial charge in [-0.15, -0.1) is 0 Å². The van der Waals surface area contributed by atoms with E-state index in [9.17, 15) is 0 Å². The molecule has 0 aliphatic carbocycles. The summed E-state index contributed by atoms with van der Waals surface area (Å²) in [6.07, 6.45) is 2.45. The Morgan fingerprint density at radius 1 is 1.10 bits per heavy atom. The molecule has 0 fully saturated rings. The van der Waals surface area contributed by atoms with Crippen LogP contribution in [0.5, 0.6) is 0 Å². The molecule has 1 N–H and O–H groups in total. The van der Waals surface area contributed by atoms with Crippen molar-refractivity contribution in [3.8, 4) is 11.3 Å². The predicted octanol–water partition coefficient (Wildman–Crippen LogP) is 4.68. The van der Waals surface area contributed by atoms with Gasteiger partial charge in [0.15, 0.2) is 0 Å². The smallest absolute Gasteiger partial charge is 0.113 e. The molecule has 0 saturated carbocycles. The highest BCUT2D eigenvalue weighted by atomic mass is 35.5. The van der Waals surface area contributed by atoms with Crippen molar-refractivity contribution >= 4 is 23.2 Å². The fourth-order valence-corrected chi connectivity index (χ4v) is 2.50. The van der Waals surface area contributed by atoms with Gasteiger partial charge in [0.1, 0.15) is 5.82 Å². The van der Waals surface area contributed by atoms with E-state index in [0.717, 1.165) is 28.5 Å². The molecule has 0 saturated heterocycles. The van der Waals surface area contributed by atoms with Gasteiger partial charge in [0.05, 0.1) is 15.7 Å². The number of halogens is 2. The number of benzene rings is 1. The van der Waals surface area contributed by atoms with Gasteiger partial charge in [-0.25, -0.2) is 4.98 Å². The van der Waals surface area contributed by atoms with Crippen LogP contribution in [-0.2, 0) is 6.42 Å². The summed E-state index contributed by atoms with van der Waals surface area (Å²) < 4.78 is 0. The lowest BCUT2D eigenvalue weighted by Gasteiger charge is -2.01. The molecule has 0 amide bonds. The molecule has 2 heterocycles. The molecule has 0 radical (unpaired) electrons. The van der Waals surface area contributed by atoms with Gasteiger partial charge in [-0.3, -0.25) is 4.98 Å². The molecule has 106 valence electrons. The Hall–Kier alpha value is -1.84. The summed E-state index contributed by atoms with van der Waals surface area (Å²) in [7, 11) is 0. The van der Waals surface area contributed by atoms with Gasteiger partial charge < -0.3 is 4.98 Å². The van der Waals surface area contributed by atoms with Crippen molar-refractivity contribution in [3.05, 3.63) is 69.9 Å². The quantitative estimate of drug-likeness (QED) is 0.762. The third-order valence-corrected chi connectivity index (χ3v) is 3.94. The molecule has 3 nitrogen and oxygen atoms in total. The van der Waals surface area contributed by atoms with E-state index >= 15 is 0 Å². The van der Waals surface area contributed by atoms with Crippen LogP contribution in [0.15, 0.2) is 42.6 Å². The van der Waals surface area contributed by atoms with E-state index < -0.39 is 0 Å². The summed E-state index contributed by atoms with van der Waals surface area (Å²) in [5.74, 6) is 0.882. The number of H-pyrrole nitrogens is 1. The van der Waals surface area contributed by atoms with E-state index in [1.807, 2.05) is 37.3 Å². The van der Waals surface area contributed by atoms with E-state index in [1.54, 1.807) is 12.3 Å². The maximum Gasteiger partial charge on any atom is 0.113 e. The van der Waals surface area contributed by atoms with Crippen molar-refractivity contribution in [2.24, 2.45) is 0 Å². The first-order valence-electron chi connectivity index (χ1n) is 6.54. The summed E-state index contributed by atoms with van der Waals surface area (Å²) in [5, 5.41) is 1.07. The number of imidazole rings is 1. The lowest BCUT2D eigenvalue weighted by Crippen LogP contribution is -1.93. The number of aromatic nitrogens is 3. The second kappa shape index (κ2) is 5.88. The summed E-state index contributed by atoms with van der Waals surface area (Å²) in [6.45, 7) is 1.99. The molecule has 0 aliphatic heterocycles. The third kappa shape index (κ3) is 3.09. The van der Waals surface area contributed by atoms with Crippen LogP contribution in [-0.4, -0.2) is 15.0 Å². The van der Waals surface area contributed by atoms with Crippen molar-refractivity contribution in [1.82, 2.24) is 15.0 Å². The Morgan fingerprint density at radius 2 is 1.95 bits per heavy atom. The standard InChI is InChI=1S/C16H13Cl2N3/c1-10-16(11-5-6-13(17)14(18)8-11)21-15(20-10)9-12-4-2-3-7-19-12/h2-8H,9H2,1H3,(H,20,21). The van der Waals surface area contributed by atoms with E-state index in [4.69, 9.17) is 23.2 Å². The molecule has 0 spiro atoms. The highest BCUT2D eigenvalue weighted by Gasteiger charge is 2.11. The minimum Gasteiger partial charge on any atom is -0.345 e. The lowest BCUT2D eigenvalue weighted by atomic mass is 10.1. The number of aryl methyl sites for hydroxylation is 1. The van der Waals surface area contributed by atoms with Crippen LogP contribution in [0.25, 0.3) is 11.3 Å². The predicted molar refractivity (Wildman–Crippen MR) is 85.8 cm³/mol. The molecule has 0 atom stereocenters. The topological polar surface area (TPSA) is 41.6 Å². The SMILES string of the molecule is Cc1[nH]c(Cc2ccccn2)nc1-c1ccc(Cl)c(Cl)c1. The fourth-order valence-electron chi connectivity index (χ4n) is 2.20. The van der Waals surface area contributed by atoms with Crippen LogP contribution in [0.3, 0.4) is 0 Å². The van der Waals surface area contributed by atoms with Gasteiger partial charge in [0.2, 0.25) is 0 Å². The zero-order valence-corrected chi connectivity index (χ0v) is 12.9. The van der Waals surface area contributed by atoms with E-state index in [2.05, 4.69) is 15.0 Å². The number of nitrogens with one attached hydrogen (secondary N) is 1. The summed E-state index contributed by atoms with van der Waals surface area (Å²) >= 11 is 12.0. The monoisotopic (exact) mass is 317 g/mol. The van der Waals surface area contributed by atoms with Crippen molar-refractivity contribution in [2.75, 3.05) is 0 Å². The summed E-state index contributed by atoms with van der Waals surface area (Å²) in [6, 6.07) is 11.4. The third-order valence-electron chi connectivity index (χ3n) is 3.20. The second-order valence-electron chi connectivity index (χ2n) is 4.78. The zero-order chi connectivity index (χ0) is 14.8. The maximum atomic E-state index is 6.07. The van der Waals surface area contributed by atoms with Gasteiger partial charge in [-0.1, -0.05) is 35.3 Å². The normalized spacial score (nSPS) is 10.8. The van der Waals surface area contributed by atoms with E-state index in [-0.39, 0.29) is 0 Å². The number of hydrogen-bond acceptors (Lipinski definition) is 2. The average Bonchev–Trinajstić information content (AvgIpc) is 2.84. The second-order valence-corrected chi connectivity index (χ2v) is 5.60. The van der Waals surface area contributed by atoms with E-state index in [0.29, 0.717) is 16.5 Å². The van der Waals surface area contributed by atoms with Crippen molar-refractivity contribution < 1.29 is 0 Å². The molecule has 5 heteroatoms. The summed E-state index contributed by atoms with van der Waals surface area (Å²) in [5.41, 5.74) is 3.82. The molecule has 0 aliphatic rings. The first-order chi connectivity index (χ1) is 10.1. The van der Waals surface area contributed by atoms with Gasteiger partial charge in [-0.05, 0) is 31.2 Å². The van der Waals surface area contributed by atoms with Gasteiger partial charge in [0.25, 0.3) is 0 Å². The Labute approximate surface area is 133 Å². The molecule has 1 aromatic carbocycles. The van der Waals surface area contributed by atoms with Crippen LogP contribution in [0.4, 0.5) is 0 Å². The van der Waals surface area contributed by atoms with Crippen LogP contribution >= 0.6 is 23.2 Å². The average molecular weight is 318 g/mol. The highest BCUT2D eigenvalue weighted by Crippen LogP contribution is 2.29. The highest BCUT2D eigenvalue weighted by molar-refractivity contribution is 6.42. The van der Waals surface area contributed by atoms with Crippen LogP contribution < -0.4 is 0 Å². The molecule has 0 unspecified atom stereocenters. The van der Waals surface area contributed by atoms with Crippen molar-refractivity contribution in [3.63, 3.8) is 0 Å². The largest absolute Gasteiger partial charge is 0.345 e. The van der Waals surface area contributed by atoms with Gasteiger partial charge in [-0.2, -0.15) is 0 Å². The molecule has 0 bridgehead atoms. The Balaban J connectivity index is 1.92. The lowest BCUT2D eigenvalue weighted by molar-refractivity contribution is 0.971. The molecular formula is C16H13Cl2N3. The minimum absolute atomic E-state index is 0.530. The molecule has 21 heavy (non-hydrogen) atoms. The molecule has 3 aromatic rings. The van der Waals surface area contributed by atoms with Gasteiger partial charge >= 0.3 is 0 Å². The number of hydrogen-bond donors (Lipinski definition) is 1. The summed E-state index contributed by atoms with van der Waals surface area (Å²) in [4.78, 5) is 12.3. The maximum absolute atomic E-state index is 6.07. The number of pyridine rings is 1. The Kier molecular flexibility index (Phi) is 3.95. The van der Waals surface area contributed by atoms with Crippen LogP contribution in [0.2, 0.25) is 10.0 Å². The number of nitrogens with zero attached hydrogens (tertiary/aromatic N) is 2. The number of rotatable bonds is 3. The zero-order valence-electron chi connectivity index (χ0n) is 11.4. The first-order valence-corrected chi connectivity index (χ1v) is 7.30. The van der Waals surface area contributed by atoms with Crippen LogP contribution in [0, 0.1) is 6.92 Å². The molecule has 2 aromatic heterocycles. The minimum atomic E-state index is 0.530. The van der Waals surface area contributed by atoms with Crippen molar-refractivity contribution in [1.29, 1.82) is 0 Å². The van der Waals surface area contributed by atoms with E-state index in [1.165, 1.54) is 0 Å².